The summed E-state index contributed by atoms with van der Waals surface area (Å²) in [6, 6.07) is 28.0. The summed E-state index contributed by atoms with van der Waals surface area (Å²) >= 11 is 0. The molecule has 0 bridgehead atoms. The molecule has 3 aromatic carbocycles. The molecule has 0 saturated heterocycles. The molecule has 2 N–H and O–H groups in total. The third kappa shape index (κ3) is 4.12. The Balaban J connectivity index is 1.98. The van der Waals surface area contributed by atoms with Crippen LogP contribution in [0.4, 0.5) is 11.4 Å². The number of hydrogen-bond donors (Lipinski definition) is 2. The smallest absolute Gasteiger partial charge is 0.406 e. The molecule has 118 valence electrons. The number of nitrogens with zero attached hydrogens (tertiary/aromatic N) is 1. The molecule has 0 heterocycles. The Morgan fingerprint density at radius 2 is 1.29 bits per heavy atom. The standard InChI is InChI=1S/C20H19BN2O/c1-21(24)23-19-14-12-18(13-15-19)22-20(16-8-4-2-5-9-16)17-10-6-3-7-11-17/h2-15,23-24H,1H3. The molecule has 24 heavy (non-hydrogen) atoms. The van der Waals surface area contributed by atoms with Gasteiger partial charge >= 0.3 is 7.05 Å². The van der Waals surface area contributed by atoms with Crippen LogP contribution in [-0.4, -0.2) is 17.8 Å². The minimum Gasteiger partial charge on any atom is -0.433 e. The Bertz CT molecular complexity index is 759. The highest BCUT2D eigenvalue weighted by Gasteiger charge is 2.07. The quantitative estimate of drug-likeness (QED) is 0.542. The largest absolute Gasteiger partial charge is 0.433 e. The zero-order valence-corrected chi connectivity index (χ0v) is 13.6. The fourth-order valence-electron chi connectivity index (χ4n) is 2.49. The molecular weight excluding hydrogens is 295 g/mol. The maximum absolute atomic E-state index is 9.38. The molecule has 0 aromatic heterocycles. The predicted octanol–water partition coefficient (Wildman–Crippen LogP) is 4.38. The molecular formula is C20H19BN2O. The lowest BCUT2D eigenvalue weighted by molar-refractivity contribution is 0.587. The van der Waals surface area contributed by atoms with Crippen LogP contribution in [0.5, 0.6) is 0 Å². The monoisotopic (exact) mass is 314 g/mol. The summed E-state index contributed by atoms with van der Waals surface area (Å²) in [5.41, 5.74) is 4.83. The van der Waals surface area contributed by atoms with Gasteiger partial charge in [0, 0.05) is 16.8 Å². The fourth-order valence-corrected chi connectivity index (χ4v) is 2.49. The highest BCUT2D eigenvalue weighted by molar-refractivity contribution is 6.52. The lowest BCUT2D eigenvalue weighted by Crippen LogP contribution is -2.19. The van der Waals surface area contributed by atoms with Gasteiger partial charge in [-0.15, -0.1) is 0 Å². The molecule has 0 unspecified atom stereocenters. The van der Waals surface area contributed by atoms with Gasteiger partial charge in [0.15, 0.2) is 0 Å². The topological polar surface area (TPSA) is 44.6 Å². The van der Waals surface area contributed by atoms with Gasteiger partial charge in [-0.2, -0.15) is 0 Å². The van der Waals surface area contributed by atoms with Crippen LogP contribution >= 0.6 is 0 Å². The number of anilines is 1. The van der Waals surface area contributed by atoms with Crippen LogP contribution in [0.1, 0.15) is 11.1 Å². The maximum atomic E-state index is 9.38. The second kappa shape index (κ2) is 7.62. The first-order valence-corrected chi connectivity index (χ1v) is 7.96. The van der Waals surface area contributed by atoms with E-state index in [0.717, 1.165) is 28.2 Å². The highest BCUT2D eigenvalue weighted by atomic mass is 16.2. The molecule has 3 rings (SSSR count). The van der Waals surface area contributed by atoms with Gasteiger partial charge in [0.2, 0.25) is 0 Å². The highest BCUT2D eigenvalue weighted by Crippen LogP contribution is 2.20. The van der Waals surface area contributed by atoms with Gasteiger partial charge in [-0.25, -0.2) is 4.99 Å². The van der Waals surface area contributed by atoms with Crippen LogP contribution in [0.25, 0.3) is 0 Å². The molecule has 0 aliphatic heterocycles. The summed E-state index contributed by atoms with van der Waals surface area (Å²) in [6.45, 7) is 1.69. The van der Waals surface area contributed by atoms with Crippen LogP contribution in [0.3, 0.4) is 0 Å². The third-order valence-electron chi connectivity index (χ3n) is 3.58. The molecule has 4 heteroatoms. The maximum Gasteiger partial charge on any atom is 0.406 e. The Morgan fingerprint density at radius 1 is 0.792 bits per heavy atom. The SMILES string of the molecule is CB(O)Nc1ccc(N=C(c2ccccc2)c2ccccc2)cc1. The number of rotatable bonds is 5. The van der Waals surface area contributed by atoms with Gasteiger partial charge in [0.05, 0.1) is 11.4 Å². The van der Waals surface area contributed by atoms with E-state index in [2.05, 4.69) is 29.5 Å². The van der Waals surface area contributed by atoms with Gasteiger partial charge < -0.3 is 10.3 Å². The predicted molar refractivity (Wildman–Crippen MR) is 102 cm³/mol. The number of nitrogens with one attached hydrogen (secondary N) is 1. The van der Waals surface area contributed by atoms with Crippen LogP contribution in [-0.2, 0) is 0 Å². The molecule has 3 aromatic rings. The fraction of sp³-hybridized carbons (Fsp3) is 0.0500. The number of benzene rings is 3. The van der Waals surface area contributed by atoms with Gasteiger partial charge in [-0.1, -0.05) is 60.7 Å². The van der Waals surface area contributed by atoms with Gasteiger partial charge in [0.1, 0.15) is 0 Å². The Morgan fingerprint density at radius 3 is 1.75 bits per heavy atom. The van der Waals surface area contributed by atoms with E-state index >= 15 is 0 Å². The van der Waals surface area contributed by atoms with Crippen molar-refractivity contribution in [3.8, 4) is 0 Å². The molecule has 0 aliphatic rings. The van der Waals surface area contributed by atoms with E-state index in [0.29, 0.717) is 0 Å². The van der Waals surface area contributed by atoms with Crippen molar-refractivity contribution in [2.24, 2.45) is 4.99 Å². The second-order valence-electron chi connectivity index (χ2n) is 5.56. The molecule has 0 radical (unpaired) electrons. The first-order valence-electron chi connectivity index (χ1n) is 7.96. The van der Waals surface area contributed by atoms with E-state index in [9.17, 15) is 5.02 Å². The van der Waals surface area contributed by atoms with Crippen molar-refractivity contribution in [2.45, 2.75) is 6.82 Å². The first kappa shape index (κ1) is 16.0. The van der Waals surface area contributed by atoms with E-state index in [1.165, 1.54) is 0 Å². The number of hydrogen-bond acceptors (Lipinski definition) is 3. The Kier molecular flexibility index (Phi) is 5.09. The van der Waals surface area contributed by atoms with Crippen LogP contribution in [0.15, 0.2) is 89.9 Å². The minimum absolute atomic E-state index is 0.580. The molecule has 0 fully saturated rings. The van der Waals surface area contributed by atoms with Crippen molar-refractivity contribution in [1.82, 2.24) is 0 Å². The summed E-state index contributed by atoms with van der Waals surface area (Å²) in [4.78, 5) is 4.85. The van der Waals surface area contributed by atoms with Crippen LogP contribution in [0, 0.1) is 0 Å². The lowest BCUT2D eigenvalue weighted by Gasteiger charge is -2.09. The Hall–Kier alpha value is -2.85. The van der Waals surface area contributed by atoms with Crippen molar-refractivity contribution < 1.29 is 5.02 Å². The number of aliphatic imine (C=N–C) groups is 1. The first-order chi connectivity index (χ1) is 11.7. The Labute approximate surface area is 142 Å². The van der Waals surface area contributed by atoms with E-state index in [1.54, 1.807) is 6.82 Å². The molecule has 3 nitrogen and oxygen atoms in total. The van der Waals surface area contributed by atoms with Gasteiger partial charge in [0.25, 0.3) is 0 Å². The zero-order chi connectivity index (χ0) is 16.8. The summed E-state index contributed by atoms with van der Waals surface area (Å²) in [5.74, 6) is 0. The van der Waals surface area contributed by atoms with Crippen molar-refractivity contribution in [2.75, 3.05) is 5.23 Å². The van der Waals surface area contributed by atoms with Crippen molar-refractivity contribution >= 4 is 24.1 Å². The average molecular weight is 314 g/mol. The summed E-state index contributed by atoms with van der Waals surface area (Å²) < 4.78 is 0. The second-order valence-corrected chi connectivity index (χ2v) is 5.56. The molecule has 0 spiro atoms. The molecule has 0 saturated carbocycles. The third-order valence-corrected chi connectivity index (χ3v) is 3.58. The summed E-state index contributed by atoms with van der Waals surface area (Å²) in [6.07, 6.45) is 0. The van der Waals surface area contributed by atoms with E-state index < -0.39 is 7.05 Å². The molecule has 0 amide bonds. The van der Waals surface area contributed by atoms with E-state index in [1.807, 2.05) is 60.7 Å². The van der Waals surface area contributed by atoms with Crippen LogP contribution in [0.2, 0.25) is 6.82 Å². The van der Waals surface area contributed by atoms with Gasteiger partial charge in [-0.05, 0) is 31.1 Å². The van der Waals surface area contributed by atoms with Crippen molar-refractivity contribution in [3.05, 3.63) is 96.1 Å². The van der Waals surface area contributed by atoms with Gasteiger partial charge in [-0.3, -0.25) is 0 Å². The molecule has 0 aliphatic carbocycles. The average Bonchev–Trinajstić information content (AvgIpc) is 2.62. The van der Waals surface area contributed by atoms with Crippen LogP contribution < -0.4 is 5.23 Å². The minimum atomic E-state index is -0.580. The van der Waals surface area contributed by atoms with E-state index in [-0.39, 0.29) is 0 Å². The van der Waals surface area contributed by atoms with E-state index in [4.69, 9.17) is 4.99 Å². The summed E-state index contributed by atoms with van der Waals surface area (Å²) in [7, 11) is -0.580. The normalized spacial score (nSPS) is 10.1. The zero-order valence-electron chi connectivity index (χ0n) is 13.6. The van der Waals surface area contributed by atoms with Crippen molar-refractivity contribution in [1.29, 1.82) is 0 Å². The summed E-state index contributed by atoms with van der Waals surface area (Å²) in [5, 5.41) is 12.3. The lowest BCUT2D eigenvalue weighted by atomic mass is 9.88. The molecule has 0 atom stereocenters. The van der Waals surface area contributed by atoms with Crippen molar-refractivity contribution in [3.63, 3.8) is 0 Å².